The van der Waals surface area contributed by atoms with Gasteiger partial charge in [0.2, 0.25) is 5.91 Å². The minimum absolute atomic E-state index is 0.102. The van der Waals surface area contributed by atoms with Crippen LogP contribution in [0.1, 0.15) is 78.6 Å². The molecule has 0 aliphatic heterocycles. The number of amides is 1. The molecule has 0 heterocycles. The van der Waals surface area contributed by atoms with Crippen LogP contribution >= 0.6 is 0 Å². The lowest BCUT2D eigenvalue weighted by molar-refractivity contribution is -0.133. The average Bonchev–Trinajstić information content (AvgIpc) is 3.04. The van der Waals surface area contributed by atoms with Gasteiger partial charge in [0.25, 0.3) is 0 Å². The summed E-state index contributed by atoms with van der Waals surface area (Å²) in [5.74, 6) is 1.55. The van der Waals surface area contributed by atoms with Crippen LogP contribution in [-0.4, -0.2) is 23.5 Å². The number of unbranched alkanes of at least 4 members (excludes halogenated alkanes) is 1. The molecule has 0 spiro atoms. The van der Waals surface area contributed by atoms with E-state index in [1.807, 2.05) is 6.08 Å². The van der Waals surface area contributed by atoms with Gasteiger partial charge < -0.3 is 10.4 Å². The maximum atomic E-state index is 12.9. The van der Waals surface area contributed by atoms with Gasteiger partial charge in [0, 0.05) is 18.0 Å². The Kier molecular flexibility index (Phi) is 5.41. The van der Waals surface area contributed by atoms with Crippen molar-refractivity contribution in [3.8, 4) is 0 Å². The van der Waals surface area contributed by atoms with Crippen molar-refractivity contribution in [2.24, 2.45) is 34.5 Å². The van der Waals surface area contributed by atoms with Gasteiger partial charge in [-0.25, -0.2) is 4.79 Å². The zero-order valence-corrected chi connectivity index (χ0v) is 18.3. The van der Waals surface area contributed by atoms with E-state index in [4.69, 9.17) is 0 Å². The summed E-state index contributed by atoms with van der Waals surface area (Å²) in [6.45, 7) is 7.72. The van der Waals surface area contributed by atoms with Gasteiger partial charge in [0.1, 0.15) is 0 Å². The van der Waals surface area contributed by atoms with Crippen molar-refractivity contribution in [1.29, 1.82) is 0 Å². The van der Waals surface area contributed by atoms with Gasteiger partial charge >= 0.3 is 5.97 Å². The Morgan fingerprint density at radius 2 is 1.97 bits per heavy atom. The van der Waals surface area contributed by atoms with E-state index in [-0.39, 0.29) is 22.7 Å². The number of carbonyl (C=O) groups is 2. The van der Waals surface area contributed by atoms with Crippen molar-refractivity contribution in [2.45, 2.75) is 78.6 Å². The summed E-state index contributed by atoms with van der Waals surface area (Å²) in [6.07, 6.45) is 13.6. The lowest BCUT2D eigenvalue weighted by Crippen LogP contribution is -2.51. The number of fused-ring (bicyclic) bond motifs is 5. The van der Waals surface area contributed by atoms with Crippen LogP contribution < -0.4 is 5.32 Å². The van der Waals surface area contributed by atoms with Gasteiger partial charge in [-0.1, -0.05) is 33.3 Å². The van der Waals surface area contributed by atoms with Gasteiger partial charge in [-0.15, -0.1) is 0 Å². The molecule has 4 aliphatic rings. The topological polar surface area (TPSA) is 66.4 Å². The fourth-order valence-electron chi connectivity index (χ4n) is 7.44. The quantitative estimate of drug-likeness (QED) is 0.632. The molecule has 0 unspecified atom stereocenters. The lowest BCUT2D eigenvalue weighted by atomic mass is 9.48. The molecule has 0 radical (unpaired) electrons. The van der Waals surface area contributed by atoms with Crippen LogP contribution in [0.15, 0.2) is 23.3 Å². The Bertz CT molecular complexity index is 753. The summed E-state index contributed by atoms with van der Waals surface area (Å²) in [5.41, 5.74) is 2.05. The smallest absolute Gasteiger partial charge is 0.331 e. The molecule has 6 atom stereocenters. The molecular weight excluding hydrogens is 362 g/mol. The van der Waals surface area contributed by atoms with E-state index in [0.29, 0.717) is 29.7 Å². The van der Waals surface area contributed by atoms with Crippen LogP contribution in [0.2, 0.25) is 0 Å². The molecule has 2 N–H and O–H groups in total. The number of hydrogen-bond acceptors (Lipinski definition) is 2. The van der Waals surface area contributed by atoms with E-state index in [1.54, 1.807) is 0 Å². The maximum absolute atomic E-state index is 12.9. The monoisotopic (exact) mass is 399 g/mol. The molecule has 2 saturated carbocycles. The number of nitrogens with one attached hydrogen (secondary N) is 1. The molecule has 4 aliphatic carbocycles. The SMILES string of the molecule is CCCCNC(=O)[C@H]1CC[C@H]2[C@@H]3CC=C4C=C(C(=O)O)CC[C@]4(C)[C@H]3CC[C@]12C. The van der Waals surface area contributed by atoms with Crippen molar-refractivity contribution in [1.82, 2.24) is 5.32 Å². The van der Waals surface area contributed by atoms with Crippen molar-refractivity contribution in [3.05, 3.63) is 23.3 Å². The van der Waals surface area contributed by atoms with Crippen LogP contribution in [0, 0.1) is 34.5 Å². The highest BCUT2D eigenvalue weighted by atomic mass is 16.4. The number of carboxylic acids is 1. The number of carboxylic acid groups (broad SMARTS) is 1. The van der Waals surface area contributed by atoms with Crippen LogP contribution in [-0.2, 0) is 9.59 Å². The summed E-state index contributed by atoms with van der Waals surface area (Å²) in [6, 6.07) is 0. The second-order valence-electron chi connectivity index (χ2n) is 10.5. The van der Waals surface area contributed by atoms with Crippen LogP contribution in [0.25, 0.3) is 0 Å². The predicted octanol–water partition coefficient (Wildman–Crippen LogP) is 5.10. The van der Waals surface area contributed by atoms with Gasteiger partial charge in [0.15, 0.2) is 0 Å². The van der Waals surface area contributed by atoms with Crippen molar-refractivity contribution < 1.29 is 14.7 Å². The highest BCUT2D eigenvalue weighted by Gasteiger charge is 2.59. The number of aliphatic carboxylic acids is 1. The molecule has 1 amide bonds. The Balaban J connectivity index is 1.55. The highest BCUT2D eigenvalue weighted by Crippen LogP contribution is 2.65. The van der Waals surface area contributed by atoms with Crippen LogP contribution in [0.5, 0.6) is 0 Å². The zero-order chi connectivity index (χ0) is 20.8. The summed E-state index contributed by atoms with van der Waals surface area (Å²) in [4.78, 5) is 24.4. The first-order chi connectivity index (χ1) is 13.8. The van der Waals surface area contributed by atoms with Gasteiger partial charge in [-0.05, 0) is 91.6 Å². The Morgan fingerprint density at radius 3 is 2.69 bits per heavy atom. The Hall–Kier alpha value is -1.58. The van der Waals surface area contributed by atoms with E-state index in [9.17, 15) is 14.7 Å². The fraction of sp³-hybridized carbons (Fsp3) is 0.760. The van der Waals surface area contributed by atoms with E-state index in [0.717, 1.165) is 45.1 Å². The summed E-state index contributed by atoms with van der Waals surface area (Å²) >= 11 is 0. The first-order valence-electron chi connectivity index (χ1n) is 11.7. The normalized spacial score (nSPS) is 40.8. The number of allylic oxidation sites excluding steroid dienone is 3. The maximum Gasteiger partial charge on any atom is 0.331 e. The second-order valence-corrected chi connectivity index (χ2v) is 10.5. The number of carbonyl (C=O) groups excluding carboxylic acids is 1. The highest BCUT2D eigenvalue weighted by molar-refractivity contribution is 5.87. The molecule has 160 valence electrons. The lowest BCUT2D eigenvalue weighted by Gasteiger charge is -2.56. The minimum atomic E-state index is -0.765. The minimum Gasteiger partial charge on any atom is -0.478 e. The third kappa shape index (κ3) is 3.27. The third-order valence-electron chi connectivity index (χ3n) is 9.19. The van der Waals surface area contributed by atoms with Crippen molar-refractivity contribution in [2.75, 3.05) is 6.54 Å². The summed E-state index contributed by atoms with van der Waals surface area (Å²) in [7, 11) is 0. The molecule has 4 heteroatoms. The third-order valence-corrected chi connectivity index (χ3v) is 9.19. The average molecular weight is 400 g/mol. The van der Waals surface area contributed by atoms with Crippen molar-refractivity contribution in [3.63, 3.8) is 0 Å². The first kappa shape index (κ1) is 20.7. The molecule has 0 saturated heterocycles. The predicted molar refractivity (Wildman–Crippen MR) is 114 cm³/mol. The van der Waals surface area contributed by atoms with E-state index < -0.39 is 5.97 Å². The fourth-order valence-corrected chi connectivity index (χ4v) is 7.44. The molecule has 4 nitrogen and oxygen atoms in total. The second kappa shape index (κ2) is 7.59. The largest absolute Gasteiger partial charge is 0.478 e. The number of rotatable bonds is 5. The van der Waals surface area contributed by atoms with Crippen LogP contribution in [0.4, 0.5) is 0 Å². The molecule has 0 aromatic rings. The molecule has 0 bridgehead atoms. The molecule has 0 aromatic carbocycles. The number of hydrogen-bond donors (Lipinski definition) is 2. The van der Waals surface area contributed by atoms with Gasteiger partial charge in [-0.2, -0.15) is 0 Å². The molecule has 29 heavy (non-hydrogen) atoms. The van der Waals surface area contributed by atoms with Crippen LogP contribution in [0.3, 0.4) is 0 Å². The standard InChI is InChI=1S/C25H37NO3/c1-4-5-14-26-22(27)21-9-8-19-18-7-6-17-15-16(23(28)29)10-12-24(17,2)20(18)11-13-25(19,21)3/h6,15,18-21H,4-5,7-14H2,1-3H3,(H,26,27)(H,28,29)/t18-,19-,20-,21+,24-,25-/m0/s1. The van der Waals surface area contributed by atoms with Crippen molar-refractivity contribution >= 4 is 11.9 Å². The zero-order valence-electron chi connectivity index (χ0n) is 18.3. The Labute approximate surface area is 175 Å². The Morgan fingerprint density at radius 1 is 1.17 bits per heavy atom. The summed E-state index contributed by atoms with van der Waals surface area (Å²) in [5, 5.41) is 12.6. The van der Waals surface area contributed by atoms with E-state index >= 15 is 0 Å². The molecule has 2 fully saturated rings. The molecule has 4 rings (SSSR count). The first-order valence-corrected chi connectivity index (χ1v) is 11.7. The van der Waals surface area contributed by atoms with E-state index in [2.05, 4.69) is 32.2 Å². The molecular formula is C25H37NO3. The summed E-state index contributed by atoms with van der Waals surface area (Å²) < 4.78 is 0. The van der Waals surface area contributed by atoms with Gasteiger partial charge in [-0.3, -0.25) is 4.79 Å². The molecule has 0 aromatic heterocycles. The van der Waals surface area contributed by atoms with Gasteiger partial charge in [0.05, 0.1) is 0 Å². The van der Waals surface area contributed by atoms with E-state index in [1.165, 1.54) is 18.4 Å².